The molecule has 0 bridgehead atoms. The first-order valence-electron chi connectivity index (χ1n) is 6.93. The van der Waals surface area contributed by atoms with Crippen LogP contribution >= 0.6 is 11.3 Å². The number of para-hydroxylation sites is 1. The molecule has 5 heteroatoms. The van der Waals surface area contributed by atoms with Gasteiger partial charge in [-0.25, -0.2) is 4.98 Å². The number of thiazole rings is 1. The van der Waals surface area contributed by atoms with Crippen LogP contribution in [0.4, 0.5) is 0 Å². The van der Waals surface area contributed by atoms with Gasteiger partial charge in [0, 0.05) is 13.2 Å². The van der Waals surface area contributed by atoms with Crippen molar-refractivity contribution in [1.82, 2.24) is 10.3 Å². The Kier molecular flexibility index (Phi) is 4.34. The fraction of sp³-hybridized carbons (Fsp3) is 0.312. The monoisotopic (exact) mass is 302 g/mol. The van der Waals surface area contributed by atoms with E-state index in [4.69, 9.17) is 9.15 Å². The minimum Gasteiger partial charge on any atom is -0.457 e. The molecule has 3 aromatic rings. The molecule has 1 aromatic carbocycles. The summed E-state index contributed by atoms with van der Waals surface area (Å²) in [6, 6.07) is 12.4. The Labute approximate surface area is 127 Å². The molecule has 0 amide bonds. The van der Waals surface area contributed by atoms with Crippen molar-refractivity contribution in [1.29, 1.82) is 0 Å². The maximum Gasteiger partial charge on any atom is 0.163 e. The van der Waals surface area contributed by atoms with Crippen molar-refractivity contribution < 1.29 is 9.15 Å². The predicted molar refractivity (Wildman–Crippen MR) is 85.5 cm³/mol. The summed E-state index contributed by atoms with van der Waals surface area (Å²) in [5.41, 5.74) is 1.02. The summed E-state index contributed by atoms with van der Waals surface area (Å²) < 4.78 is 12.1. The van der Waals surface area contributed by atoms with E-state index in [0.717, 1.165) is 22.0 Å². The Bertz CT molecular complexity index is 687. The van der Waals surface area contributed by atoms with E-state index in [0.29, 0.717) is 19.2 Å². The summed E-state index contributed by atoms with van der Waals surface area (Å²) >= 11 is 1.65. The molecule has 0 saturated heterocycles. The average Bonchev–Trinajstić information content (AvgIpc) is 3.11. The van der Waals surface area contributed by atoms with E-state index in [-0.39, 0.29) is 0 Å². The van der Waals surface area contributed by atoms with Gasteiger partial charge in [-0.2, -0.15) is 0 Å². The van der Waals surface area contributed by atoms with Crippen LogP contribution in [-0.2, 0) is 11.3 Å². The first kappa shape index (κ1) is 14.3. The number of hydrogen-bond donors (Lipinski definition) is 1. The summed E-state index contributed by atoms with van der Waals surface area (Å²) in [6.07, 6.45) is 0. The molecule has 0 fully saturated rings. The highest BCUT2D eigenvalue weighted by molar-refractivity contribution is 7.21. The lowest BCUT2D eigenvalue weighted by atomic mass is 10.3. The summed E-state index contributed by atoms with van der Waals surface area (Å²) in [7, 11) is 1.70. The Morgan fingerprint density at radius 3 is 2.95 bits per heavy atom. The van der Waals surface area contributed by atoms with Crippen LogP contribution in [-0.4, -0.2) is 24.7 Å². The van der Waals surface area contributed by atoms with Gasteiger partial charge < -0.3 is 14.5 Å². The minimum absolute atomic E-state index is 0.297. The highest BCUT2D eigenvalue weighted by atomic mass is 32.1. The van der Waals surface area contributed by atoms with Crippen LogP contribution in [0.3, 0.4) is 0 Å². The van der Waals surface area contributed by atoms with E-state index in [9.17, 15) is 0 Å². The number of nitrogens with one attached hydrogen (secondary N) is 1. The molecule has 0 aliphatic carbocycles. The van der Waals surface area contributed by atoms with Crippen molar-refractivity contribution in [3.63, 3.8) is 0 Å². The third kappa shape index (κ3) is 3.32. The fourth-order valence-electron chi connectivity index (χ4n) is 2.15. The second-order valence-corrected chi connectivity index (χ2v) is 6.02. The van der Waals surface area contributed by atoms with E-state index in [2.05, 4.69) is 23.3 Å². The van der Waals surface area contributed by atoms with Crippen LogP contribution in [0.1, 0.15) is 12.7 Å². The van der Waals surface area contributed by atoms with Crippen LogP contribution in [0.2, 0.25) is 0 Å². The second kappa shape index (κ2) is 6.39. The number of fused-ring (bicyclic) bond motifs is 1. The zero-order chi connectivity index (χ0) is 14.7. The zero-order valence-corrected chi connectivity index (χ0v) is 12.9. The van der Waals surface area contributed by atoms with Crippen LogP contribution in [0.15, 0.2) is 40.8 Å². The van der Waals surface area contributed by atoms with Gasteiger partial charge >= 0.3 is 0 Å². The van der Waals surface area contributed by atoms with E-state index < -0.39 is 0 Å². The lowest BCUT2D eigenvalue weighted by Crippen LogP contribution is -2.29. The largest absolute Gasteiger partial charge is 0.457 e. The Balaban J connectivity index is 1.72. The van der Waals surface area contributed by atoms with Gasteiger partial charge in [0.15, 0.2) is 10.8 Å². The smallest absolute Gasteiger partial charge is 0.163 e. The molecule has 4 nitrogen and oxygen atoms in total. The van der Waals surface area contributed by atoms with Crippen molar-refractivity contribution in [2.24, 2.45) is 0 Å². The second-order valence-electron chi connectivity index (χ2n) is 4.99. The van der Waals surface area contributed by atoms with Crippen LogP contribution in [0, 0.1) is 0 Å². The third-order valence-corrected chi connectivity index (χ3v) is 4.26. The number of aromatic nitrogens is 1. The number of hydrogen-bond acceptors (Lipinski definition) is 5. The van der Waals surface area contributed by atoms with Crippen molar-refractivity contribution in [2.45, 2.75) is 19.5 Å². The van der Waals surface area contributed by atoms with Gasteiger partial charge in [0.25, 0.3) is 0 Å². The number of rotatable bonds is 6. The van der Waals surface area contributed by atoms with Gasteiger partial charge in [-0.1, -0.05) is 12.1 Å². The Hall–Kier alpha value is -1.69. The van der Waals surface area contributed by atoms with E-state index in [1.807, 2.05) is 30.3 Å². The van der Waals surface area contributed by atoms with E-state index in [1.54, 1.807) is 18.4 Å². The number of furan rings is 1. The van der Waals surface area contributed by atoms with Gasteiger partial charge in [0.1, 0.15) is 5.76 Å². The molecule has 0 aliphatic heterocycles. The molecule has 3 rings (SSSR count). The average molecular weight is 302 g/mol. The molecule has 1 atom stereocenters. The van der Waals surface area contributed by atoms with Gasteiger partial charge in [0.05, 0.1) is 23.4 Å². The molecular formula is C16H18N2O2S. The quantitative estimate of drug-likeness (QED) is 0.754. The molecule has 0 radical (unpaired) electrons. The summed E-state index contributed by atoms with van der Waals surface area (Å²) in [5, 5.41) is 4.28. The summed E-state index contributed by atoms with van der Waals surface area (Å²) in [6.45, 7) is 3.46. The van der Waals surface area contributed by atoms with Crippen molar-refractivity contribution in [3.05, 3.63) is 42.2 Å². The molecular weight excluding hydrogens is 284 g/mol. The number of ether oxygens (including phenoxy) is 1. The predicted octanol–water partition coefficient (Wildman–Crippen LogP) is 3.68. The minimum atomic E-state index is 0.297. The van der Waals surface area contributed by atoms with Crippen LogP contribution < -0.4 is 5.32 Å². The zero-order valence-electron chi connectivity index (χ0n) is 12.1. The lowest BCUT2D eigenvalue weighted by Gasteiger charge is -2.10. The number of nitrogens with zero attached hydrogens (tertiary/aromatic N) is 1. The van der Waals surface area contributed by atoms with Crippen molar-refractivity contribution >= 4 is 21.6 Å². The topological polar surface area (TPSA) is 47.3 Å². The molecule has 1 unspecified atom stereocenters. The normalized spacial score (nSPS) is 12.9. The molecule has 0 spiro atoms. The maximum atomic E-state index is 5.87. The molecule has 2 aromatic heterocycles. The molecule has 0 saturated carbocycles. The first-order chi connectivity index (χ1) is 10.3. The van der Waals surface area contributed by atoms with E-state index in [1.165, 1.54) is 4.70 Å². The first-order valence-corrected chi connectivity index (χ1v) is 7.75. The number of benzene rings is 1. The van der Waals surface area contributed by atoms with Crippen LogP contribution in [0.25, 0.3) is 21.0 Å². The van der Waals surface area contributed by atoms with Gasteiger partial charge in [-0.15, -0.1) is 11.3 Å². The fourth-order valence-corrected chi connectivity index (χ4v) is 3.08. The van der Waals surface area contributed by atoms with Gasteiger partial charge in [0.2, 0.25) is 0 Å². The highest BCUT2D eigenvalue weighted by Crippen LogP contribution is 2.31. The standard InChI is InChI=1S/C16H18N2O2S/c1-11(10-19-2)17-9-12-7-8-14(20-12)16-18-13-5-3-4-6-15(13)21-16/h3-8,11,17H,9-10H2,1-2H3. The summed E-state index contributed by atoms with van der Waals surface area (Å²) in [4.78, 5) is 4.61. The van der Waals surface area contributed by atoms with Crippen LogP contribution in [0.5, 0.6) is 0 Å². The molecule has 21 heavy (non-hydrogen) atoms. The maximum absolute atomic E-state index is 5.87. The molecule has 2 heterocycles. The highest BCUT2D eigenvalue weighted by Gasteiger charge is 2.10. The number of methoxy groups -OCH3 is 1. The third-order valence-electron chi connectivity index (χ3n) is 3.21. The van der Waals surface area contributed by atoms with Crippen molar-refractivity contribution in [3.8, 4) is 10.8 Å². The summed E-state index contributed by atoms with van der Waals surface area (Å²) in [5.74, 6) is 1.74. The van der Waals surface area contributed by atoms with Crippen molar-refractivity contribution in [2.75, 3.05) is 13.7 Å². The SMILES string of the molecule is COCC(C)NCc1ccc(-c2nc3ccccc3s2)o1. The molecule has 0 aliphatic rings. The Morgan fingerprint density at radius 2 is 2.14 bits per heavy atom. The lowest BCUT2D eigenvalue weighted by molar-refractivity contribution is 0.170. The molecule has 110 valence electrons. The van der Waals surface area contributed by atoms with E-state index >= 15 is 0 Å². The van der Waals surface area contributed by atoms with Gasteiger partial charge in [-0.3, -0.25) is 0 Å². The molecule has 1 N–H and O–H groups in total. The Morgan fingerprint density at radius 1 is 1.29 bits per heavy atom. The van der Waals surface area contributed by atoms with Gasteiger partial charge in [-0.05, 0) is 31.2 Å².